The highest BCUT2D eigenvalue weighted by atomic mass is 16.4. The van der Waals surface area contributed by atoms with Gasteiger partial charge in [-0.2, -0.15) is 0 Å². The molecule has 0 saturated carbocycles. The fraction of sp³-hybridized carbons (Fsp3) is 0. The first-order valence-corrected chi connectivity index (χ1v) is 8.01. The summed E-state index contributed by atoms with van der Waals surface area (Å²) >= 11 is 0. The molecule has 0 aliphatic rings. The molecule has 2 N–H and O–H groups in total. The number of hydrogen-bond acceptors (Lipinski definition) is 4. The Kier molecular flexibility index (Phi) is 4.02. The molecule has 4 rings (SSSR count). The molecule has 4 nitrogen and oxygen atoms in total. The average molecular weight is 326 g/mol. The predicted octanol–water partition coefficient (Wildman–Crippen LogP) is 2.64. The molecule has 1 aromatic heterocycles. The summed E-state index contributed by atoms with van der Waals surface area (Å²) in [4.78, 5) is 8.96. The molecular weight excluding hydrogens is 311 g/mol. The van der Waals surface area contributed by atoms with Crippen LogP contribution in [0.3, 0.4) is 0 Å². The van der Waals surface area contributed by atoms with Crippen molar-refractivity contribution in [2.75, 3.05) is 0 Å². The van der Waals surface area contributed by atoms with Gasteiger partial charge in [-0.05, 0) is 23.3 Å². The minimum absolute atomic E-state index is 0.158. The van der Waals surface area contributed by atoms with E-state index in [1.54, 1.807) is 6.07 Å². The molecular formula is C20H15BN2O2. The second-order valence-electron chi connectivity index (χ2n) is 5.76. The summed E-state index contributed by atoms with van der Waals surface area (Å²) < 4.78 is 0. The van der Waals surface area contributed by atoms with E-state index in [4.69, 9.17) is 0 Å². The van der Waals surface area contributed by atoms with Crippen LogP contribution >= 0.6 is 0 Å². The zero-order chi connectivity index (χ0) is 17.2. The van der Waals surface area contributed by atoms with Crippen molar-refractivity contribution in [3.63, 3.8) is 0 Å². The Morgan fingerprint density at radius 3 is 1.72 bits per heavy atom. The molecule has 0 fully saturated rings. The van der Waals surface area contributed by atoms with Crippen molar-refractivity contribution >= 4 is 23.7 Å². The Morgan fingerprint density at radius 1 is 0.560 bits per heavy atom. The minimum Gasteiger partial charge on any atom is -0.422 e. The van der Waals surface area contributed by atoms with E-state index in [9.17, 15) is 10.0 Å². The highest BCUT2D eigenvalue weighted by Gasteiger charge is 2.21. The Hall–Kier alpha value is -3.02. The van der Waals surface area contributed by atoms with Gasteiger partial charge in [0.1, 0.15) is 0 Å². The number of hydrogen-bond donors (Lipinski definition) is 2. The second kappa shape index (κ2) is 6.47. The van der Waals surface area contributed by atoms with Crippen molar-refractivity contribution in [3.8, 4) is 22.4 Å². The van der Waals surface area contributed by atoms with Crippen LogP contribution in [0.5, 0.6) is 0 Å². The molecule has 1 heterocycles. The van der Waals surface area contributed by atoms with Gasteiger partial charge in [-0.1, -0.05) is 66.7 Å². The van der Waals surface area contributed by atoms with Crippen molar-refractivity contribution in [3.05, 3.63) is 78.9 Å². The summed E-state index contributed by atoms with van der Waals surface area (Å²) in [5.41, 5.74) is 5.00. The van der Waals surface area contributed by atoms with E-state index in [0.29, 0.717) is 16.7 Å². The molecule has 5 heteroatoms. The molecule has 0 aliphatic heterocycles. The van der Waals surface area contributed by atoms with Gasteiger partial charge in [0.2, 0.25) is 0 Å². The fourth-order valence-corrected chi connectivity index (χ4v) is 2.86. The summed E-state index contributed by atoms with van der Waals surface area (Å²) in [5, 5.41) is 19.4. The number of para-hydroxylation sites is 2. The lowest BCUT2D eigenvalue weighted by molar-refractivity contribution is 0.424. The number of benzene rings is 3. The molecule has 0 radical (unpaired) electrons. The van der Waals surface area contributed by atoms with Gasteiger partial charge in [-0.25, -0.2) is 4.98 Å². The standard InChI is InChI=1S/C20H15BN2O2/c24-21(25)20-19(22-17-8-4-5-9-18(17)23-20)16-12-10-15(11-13-16)14-6-2-1-3-7-14/h1-13,24-25H. The van der Waals surface area contributed by atoms with Crippen LogP contribution < -0.4 is 5.59 Å². The van der Waals surface area contributed by atoms with E-state index < -0.39 is 7.12 Å². The van der Waals surface area contributed by atoms with E-state index in [2.05, 4.69) is 9.97 Å². The lowest BCUT2D eigenvalue weighted by Crippen LogP contribution is -2.35. The molecule has 0 bridgehead atoms. The third kappa shape index (κ3) is 3.03. The molecule has 0 amide bonds. The number of nitrogens with zero attached hydrogens (tertiary/aromatic N) is 2. The first-order chi connectivity index (χ1) is 12.2. The number of fused-ring (bicyclic) bond motifs is 1. The van der Waals surface area contributed by atoms with Crippen molar-refractivity contribution in [1.82, 2.24) is 9.97 Å². The summed E-state index contributed by atoms with van der Waals surface area (Å²) in [6, 6.07) is 25.3. The number of rotatable bonds is 3. The fourth-order valence-electron chi connectivity index (χ4n) is 2.86. The summed E-state index contributed by atoms with van der Waals surface area (Å²) in [6.07, 6.45) is 0. The zero-order valence-electron chi connectivity index (χ0n) is 13.4. The van der Waals surface area contributed by atoms with Gasteiger partial charge in [0.05, 0.1) is 22.3 Å². The van der Waals surface area contributed by atoms with Crippen LogP contribution in [0.2, 0.25) is 0 Å². The maximum atomic E-state index is 9.71. The molecule has 3 aromatic carbocycles. The van der Waals surface area contributed by atoms with Crippen LogP contribution in [0.4, 0.5) is 0 Å². The van der Waals surface area contributed by atoms with Crippen molar-refractivity contribution in [2.24, 2.45) is 0 Å². The van der Waals surface area contributed by atoms with Crippen LogP contribution in [0.1, 0.15) is 0 Å². The van der Waals surface area contributed by atoms with E-state index in [0.717, 1.165) is 16.7 Å². The van der Waals surface area contributed by atoms with Crippen LogP contribution in [-0.2, 0) is 0 Å². The molecule has 0 saturated heterocycles. The van der Waals surface area contributed by atoms with Crippen LogP contribution in [0.25, 0.3) is 33.4 Å². The number of aromatic nitrogens is 2. The maximum Gasteiger partial charge on any atom is 0.510 e. The minimum atomic E-state index is -1.68. The Balaban J connectivity index is 1.82. The summed E-state index contributed by atoms with van der Waals surface area (Å²) in [7, 11) is -1.68. The molecule has 0 aliphatic carbocycles. The van der Waals surface area contributed by atoms with Crippen molar-refractivity contribution < 1.29 is 10.0 Å². The average Bonchev–Trinajstić information content (AvgIpc) is 2.68. The Bertz CT molecular complexity index is 1020. The lowest BCUT2D eigenvalue weighted by Gasteiger charge is -2.10. The lowest BCUT2D eigenvalue weighted by atomic mass is 9.82. The van der Waals surface area contributed by atoms with E-state index in [1.165, 1.54) is 0 Å². The third-order valence-electron chi connectivity index (χ3n) is 4.11. The van der Waals surface area contributed by atoms with Gasteiger partial charge in [-0.15, -0.1) is 0 Å². The highest BCUT2D eigenvalue weighted by Crippen LogP contribution is 2.24. The van der Waals surface area contributed by atoms with Gasteiger partial charge in [0.25, 0.3) is 0 Å². The monoisotopic (exact) mass is 326 g/mol. The third-order valence-corrected chi connectivity index (χ3v) is 4.11. The smallest absolute Gasteiger partial charge is 0.422 e. The molecule has 120 valence electrons. The largest absolute Gasteiger partial charge is 0.510 e. The normalized spacial score (nSPS) is 10.8. The van der Waals surface area contributed by atoms with Gasteiger partial charge in [-0.3, -0.25) is 4.98 Å². The second-order valence-corrected chi connectivity index (χ2v) is 5.76. The first-order valence-electron chi connectivity index (χ1n) is 8.01. The summed E-state index contributed by atoms with van der Waals surface area (Å²) in [5.74, 6) is 0. The van der Waals surface area contributed by atoms with Gasteiger partial charge in [0.15, 0.2) is 0 Å². The Labute approximate surface area is 145 Å². The van der Waals surface area contributed by atoms with Crippen LogP contribution in [0.15, 0.2) is 78.9 Å². The van der Waals surface area contributed by atoms with E-state index in [1.807, 2.05) is 72.8 Å². The van der Waals surface area contributed by atoms with E-state index in [-0.39, 0.29) is 5.59 Å². The molecule has 4 aromatic rings. The molecule has 0 unspecified atom stereocenters. The van der Waals surface area contributed by atoms with Crippen molar-refractivity contribution in [1.29, 1.82) is 0 Å². The topological polar surface area (TPSA) is 66.2 Å². The Morgan fingerprint density at radius 2 is 1.08 bits per heavy atom. The summed E-state index contributed by atoms with van der Waals surface area (Å²) in [6.45, 7) is 0. The van der Waals surface area contributed by atoms with Crippen LogP contribution in [0, 0.1) is 0 Å². The molecule has 25 heavy (non-hydrogen) atoms. The molecule has 0 atom stereocenters. The van der Waals surface area contributed by atoms with Crippen molar-refractivity contribution in [2.45, 2.75) is 0 Å². The van der Waals surface area contributed by atoms with Gasteiger partial charge < -0.3 is 10.0 Å². The van der Waals surface area contributed by atoms with E-state index >= 15 is 0 Å². The quantitative estimate of drug-likeness (QED) is 0.568. The molecule has 0 spiro atoms. The zero-order valence-corrected chi connectivity index (χ0v) is 13.4. The van der Waals surface area contributed by atoms with Crippen LogP contribution in [-0.4, -0.2) is 27.1 Å². The SMILES string of the molecule is OB(O)c1nc2ccccc2nc1-c1ccc(-c2ccccc2)cc1. The van der Waals surface area contributed by atoms with Gasteiger partial charge in [0, 0.05) is 5.56 Å². The predicted molar refractivity (Wildman–Crippen MR) is 100 cm³/mol. The highest BCUT2D eigenvalue weighted by molar-refractivity contribution is 6.59. The van der Waals surface area contributed by atoms with Gasteiger partial charge >= 0.3 is 7.12 Å². The maximum absolute atomic E-state index is 9.71. The first kappa shape index (κ1) is 15.5.